The average molecular weight is 496 g/mol. The summed E-state index contributed by atoms with van der Waals surface area (Å²) >= 11 is 0. The molecule has 0 aliphatic carbocycles. The zero-order valence-electron chi connectivity index (χ0n) is 2.00. The molecule has 0 aromatic carbocycles. The van der Waals surface area contributed by atoms with Crippen molar-refractivity contribution in [2.24, 2.45) is 0 Å². The largest absolute Gasteiger partial charge is 0 e. The van der Waals surface area contributed by atoms with Gasteiger partial charge in [0.15, 0.2) is 0 Å². The number of rotatable bonds is 0. The minimum absolute atomic E-state index is 0. The van der Waals surface area contributed by atoms with E-state index in [4.69, 9.17) is 0 Å². The Morgan fingerprint density at radius 2 is 0.500 bits per heavy atom. The Morgan fingerprint density at radius 3 is 0.500 bits per heavy atom. The fraction of sp³-hybridized carbons (Fsp3) is 0. The molecule has 0 amide bonds. The van der Waals surface area contributed by atoms with Crippen molar-refractivity contribution in [1.82, 2.24) is 0 Å². The van der Waals surface area contributed by atoms with Gasteiger partial charge in [-0.2, -0.15) is 0 Å². The van der Waals surface area contributed by atoms with E-state index < -0.39 is 0 Å². The van der Waals surface area contributed by atoms with Crippen LogP contribution in [0.15, 0.2) is 0 Å². The minimum atomic E-state index is 0. The fourth-order valence-electron chi connectivity index (χ4n) is 0. The molecule has 0 bridgehead atoms. The summed E-state index contributed by atoms with van der Waals surface area (Å²) < 4.78 is 0. The van der Waals surface area contributed by atoms with Gasteiger partial charge in [0.2, 0.25) is 0 Å². The van der Waals surface area contributed by atoms with Gasteiger partial charge in [0.05, 0.1) is 0 Å². The maximum atomic E-state index is 0. The van der Waals surface area contributed by atoms with E-state index in [9.17, 15) is 0 Å². The summed E-state index contributed by atoms with van der Waals surface area (Å²) in [6.07, 6.45) is 0. The maximum Gasteiger partial charge on any atom is 0 e. The topological polar surface area (TPSA) is 0 Å². The molecule has 0 heterocycles. The maximum absolute atomic E-state index is 0. The molecule has 0 nitrogen and oxygen atoms in total. The second-order valence-electron chi connectivity index (χ2n) is 0. The van der Waals surface area contributed by atoms with Gasteiger partial charge in [0, 0.05) is 113 Å². The molecule has 0 spiro atoms. The first-order valence-electron chi connectivity index (χ1n) is 0. The van der Waals surface area contributed by atoms with Crippen molar-refractivity contribution in [3.8, 4) is 0 Å². The van der Waals surface area contributed by atoms with Crippen molar-refractivity contribution < 1.29 is 41.7 Å². The van der Waals surface area contributed by atoms with Gasteiger partial charge < -0.3 is 0 Å². The molecule has 16 valence electrons. The Kier molecular flexibility index (Phi) is 99.3. The molecule has 4 heavy (non-hydrogen) atoms. The van der Waals surface area contributed by atoms with E-state index in [1.165, 1.54) is 0 Å². The van der Waals surface area contributed by atoms with Gasteiger partial charge in [-0.05, 0) is 0 Å². The van der Waals surface area contributed by atoms with Crippen LogP contribution < -0.4 is 0 Å². The Labute approximate surface area is 110 Å². The van der Waals surface area contributed by atoms with Crippen molar-refractivity contribution in [3.05, 3.63) is 0 Å². The summed E-state index contributed by atoms with van der Waals surface area (Å²) in [4.78, 5) is 0. The van der Waals surface area contributed by atoms with Crippen LogP contribution in [0.3, 0.4) is 0 Å². The molecule has 0 saturated heterocycles. The molecule has 0 fully saturated rings. The third-order valence-corrected chi connectivity index (χ3v) is 0. The fourth-order valence-corrected chi connectivity index (χ4v) is 0. The molecule has 12 radical (unpaired) electrons. The predicted molar refractivity (Wildman–Crippen MR) is 17.3 cm³/mol. The van der Waals surface area contributed by atoms with Gasteiger partial charge in [-0.25, -0.2) is 0 Å². The Balaban J connectivity index is 0. The van der Waals surface area contributed by atoms with Crippen LogP contribution in [0.1, 0.15) is 0 Å². The molecule has 0 saturated carbocycles. The first-order chi connectivity index (χ1) is 0. The third kappa shape index (κ3) is 9.24. The van der Waals surface area contributed by atoms with Gasteiger partial charge in [-0.15, -0.1) is 0 Å². The van der Waals surface area contributed by atoms with E-state index in [-0.39, 0.29) is 113 Å². The summed E-state index contributed by atoms with van der Waals surface area (Å²) in [5, 5.41) is 0. The summed E-state index contributed by atoms with van der Waals surface area (Å²) in [6.45, 7) is 0. The molecular formula is CeSn3. The summed E-state index contributed by atoms with van der Waals surface area (Å²) in [5.74, 6) is 0. The molecule has 0 aromatic rings. The van der Waals surface area contributed by atoms with Gasteiger partial charge in [-0.3, -0.25) is 0 Å². The Bertz CT molecular complexity index is 3.25. The quantitative estimate of drug-likeness (QED) is 0.373. The smallest absolute Gasteiger partial charge is 0 e. The molecule has 4 heteroatoms. The molecule has 0 rings (SSSR count). The monoisotopic (exact) mass is 500 g/mol. The summed E-state index contributed by atoms with van der Waals surface area (Å²) in [7, 11) is 0. The van der Waals surface area contributed by atoms with E-state index in [1.54, 1.807) is 0 Å². The minimum Gasteiger partial charge on any atom is 0 e. The van der Waals surface area contributed by atoms with Crippen LogP contribution in [0.2, 0.25) is 0 Å². The van der Waals surface area contributed by atoms with Gasteiger partial charge in [0.1, 0.15) is 0 Å². The molecule has 0 aliphatic heterocycles. The SMILES string of the molecule is [Ce].[Sn].[Sn].[Sn]. The van der Waals surface area contributed by atoms with Crippen molar-refractivity contribution >= 4 is 71.7 Å². The number of hydrogen-bond donors (Lipinski definition) is 0. The van der Waals surface area contributed by atoms with Crippen molar-refractivity contribution in [2.75, 3.05) is 0 Å². The third-order valence-electron chi connectivity index (χ3n) is 0. The molecular weight excluding hydrogens is 496 g/mol. The number of hydrogen-bond acceptors (Lipinski definition) is 0. The van der Waals surface area contributed by atoms with Crippen LogP contribution in [0.4, 0.5) is 0 Å². The van der Waals surface area contributed by atoms with E-state index in [2.05, 4.69) is 0 Å². The predicted octanol–water partition coefficient (Wildman–Crippen LogP) is -1.14. The second-order valence-corrected chi connectivity index (χ2v) is 0. The average Bonchev–Trinajstić information content (AvgIpc) is 0. The summed E-state index contributed by atoms with van der Waals surface area (Å²) in [5.41, 5.74) is 0. The van der Waals surface area contributed by atoms with Gasteiger partial charge in [-0.1, -0.05) is 0 Å². The van der Waals surface area contributed by atoms with E-state index in [0.29, 0.717) is 0 Å². The van der Waals surface area contributed by atoms with Crippen molar-refractivity contribution in [1.29, 1.82) is 0 Å². The second kappa shape index (κ2) is 15.9. The standard InChI is InChI=1S/Ce.3Sn. The molecule has 0 N–H and O–H groups in total. The van der Waals surface area contributed by atoms with Crippen LogP contribution in [0.5, 0.6) is 0 Å². The summed E-state index contributed by atoms with van der Waals surface area (Å²) in [6, 6.07) is 0. The normalized spacial score (nSPS) is 0. The van der Waals surface area contributed by atoms with E-state index in [0.717, 1.165) is 0 Å². The van der Waals surface area contributed by atoms with Crippen LogP contribution >= 0.6 is 0 Å². The van der Waals surface area contributed by atoms with Crippen LogP contribution in [-0.4, -0.2) is 71.7 Å². The molecule has 0 atom stereocenters. The van der Waals surface area contributed by atoms with Crippen LogP contribution in [0, 0.1) is 41.7 Å². The molecule has 0 aromatic heterocycles. The van der Waals surface area contributed by atoms with Crippen molar-refractivity contribution in [3.63, 3.8) is 0 Å². The van der Waals surface area contributed by atoms with E-state index >= 15 is 0 Å². The first kappa shape index (κ1) is 25.0. The van der Waals surface area contributed by atoms with Gasteiger partial charge >= 0.3 is 0 Å². The zero-order valence-corrected chi connectivity index (χ0v) is 13.7. The van der Waals surface area contributed by atoms with E-state index in [1.807, 2.05) is 0 Å². The molecule has 0 aliphatic rings. The Morgan fingerprint density at radius 1 is 0.500 bits per heavy atom. The molecule has 0 unspecified atom stereocenters. The van der Waals surface area contributed by atoms with Crippen LogP contribution in [-0.2, 0) is 0 Å². The first-order valence-corrected chi connectivity index (χ1v) is 0. The van der Waals surface area contributed by atoms with Crippen molar-refractivity contribution in [2.45, 2.75) is 0 Å². The zero-order chi connectivity index (χ0) is 0. The van der Waals surface area contributed by atoms with Crippen LogP contribution in [0.25, 0.3) is 0 Å². The van der Waals surface area contributed by atoms with Gasteiger partial charge in [0.25, 0.3) is 0 Å². The Hall–Kier alpha value is 3.77.